The summed E-state index contributed by atoms with van der Waals surface area (Å²) in [6, 6.07) is 1.93. The number of carbonyl (C=O) groups excluding carboxylic acids is 1. The Morgan fingerprint density at radius 1 is 1.25 bits per heavy atom. The van der Waals surface area contributed by atoms with Gasteiger partial charge in [-0.05, 0) is 50.7 Å². The number of aromatic nitrogens is 2. The number of pyridine rings is 1. The molecular formula is C18H24N4O2. The van der Waals surface area contributed by atoms with Crippen molar-refractivity contribution in [3.63, 3.8) is 0 Å². The number of hydrogen-bond acceptors (Lipinski definition) is 3. The predicted octanol–water partition coefficient (Wildman–Crippen LogP) is 3.21. The second-order valence-electron chi connectivity index (χ2n) is 6.88. The van der Waals surface area contributed by atoms with Crippen LogP contribution in [0.4, 0.5) is 10.5 Å². The van der Waals surface area contributed by atoms with Crippen LogP contribution >= 0.6 is 0 Å². The quantitative estimate of drug-likeness (QED) is 0.941. The summed E-state index contributed by atoms with van der Waals surface area (Å²) < 4.78 is 7.99. The van der Waals surface area contributed by atoms with Gasteiger partial charge in [0, 0.05) is 31.7 Å². The van der Waals surface area contributed by atoms with E-state index in [-0.39, 0.29) is 6.03 Å². The summed E-state index contributed by atoms with van der Waals surface area (Å²) in [6.07, 6.45) is 11.9. The van der Waals surface area contributed by atoms with Gasteiger partial charge in [-0.1, -0.05) is 0 Å². The van der Waals surface area contributed by atoms with Gasteiger partial charge in [0.1, 0.15) is 5.65 Å². The van der Waals surface area contributed by atoms with Gasteiger partial charge in [0.2, 0.25) is 0 Å². The van der Waals surface area contributed by atoms with E-state index in [0.29, 0.717) is 12.2 Å². The van der Waals surface area contributed by atoms with E-state index < -0.39 is 0 Å². The van der Waals surface area contributed by atoms with Gasteiger partial charge >= 0.3 is 6.03 Å². The maximum absolute atomic E-state index is 12.5. The fraction of sp³-hybridized carbons (Fsp3) is 0.556. The fourth-order valence-corrected chi connectivity index (χ4v) is 3.45. The average Bonchev–Trinajstić information content (AvgIpc) is 3.00. The number of aryl methyl sites for hydroxylation is 1. The smallest absolute Gasteiger partial charge is 0.321 e. The highest BCUT2D eigenvalue weighted by Gasteiger charge is 2.27. The molecule has 1 aliphatic heterocycles. The van der Waals surface area contributed by atoms with Gasteiger partial charge in [-0.2, -0.15) is 0 Å². The van der Waals surface area contributed by atoms with Crippen molar-refractivity contribution in [2.24, 2.45) is 0 Å². The van der Waals surface area contributed by atoms with Crippen molar-refractivity contribution < 1.29 is 9.53 Å². The highest BCUT2D eigenvalue weighted by molar-refractivity contribution is 5.89. The molecule has 24 heavy (non-hydrogen) atoms. The van der Waals surface area contributed by atoms with E-state index in [0.717, 1.165) is 42.8 Å². The number of piperidine rings is 1. The van der Waals surface area contributed by atoms with Gasteiger partial charge in [0.05, 0.1) is 17.9 Å². The van der Waals surface area contributed by atoms with Crippen LogP contribution in [0.15, 0.2) is 24.7 Å². The molecule has 1 saturated heterocycles. The lowest BCUT2D eigenvalue weighted by molar-refractivity contribution is -0.0694. The molecule has 4 rings (SSSR count). The number of amides is 2. The molecule has 1 saturated carbocycles. The van der Waals surface area contributed by atoms with E-state index >= 15 is 0 Å². The lowest BCUT2D eigenvalue weighted by Crippen LogP contribution is -2.44. The molecule has 0 radical (unpaired) electrons. The van der Waals surface area contributed by atoms with Crippen molar-refractivity contribution in [1.82, 2.24) is 14.3 Å². The number of hydrogen-bond donors (Lipinski definition) is 1. The van der Waals surface area contributed by atoms with Crippen molar-refractivity contribution in [1.29, 1.82) is 0 Å². The molecule has 6 nitrogen and oxygen atoms in total. The average molecular weight is 328 g/mol. The Morgan fingerprint density at radius 3 is 2.71 bits per heavy atom. The normalized spacial score (nSPS) is 19.5. The number of urea groups is 1. The van der Waals surface area contributed by atoms with Crippen molar-refractivity contribution in [2.75, 3.05) is 18.4 Å². The van der Waals surface area contributed by atoms with Crippen LogP contribution in [-0.2, 0) is 4.74 Å². The summed E-state index contributed by atoms with van der Waals surface area (Å²) in [5.74, 6) is 0. The zero-order valence-electron chi connectivity index (χ0n) is 14.1. The van der Waals surface area contributed by atoms with E-state index in [9.17, 15) is 4.79 Å². The highest BCUT2D eigenvalue weighted by atomic mass is 16.5. The molecule has 0 aromatic carbocycles. The Balaban J connectivity index is 1.34. The molecule has 2 aliphatic rings. The van der Waals surface area contributed by atoms with Crippen molar-refractivity contribution in [3.8, 4) is 0 Å². The molecule has 1 aliphatic carbocycles. The van der Waals surface area contributed by atoms with E-state index in [4.69, 9.17) is 4.74 Å². The number of ether oxygens (including phenoxy) is 1. The summed E-state index contributed by atoms with van der Waals surface area (Å²) >= 11 is 0. The zero-order valence-corrected chi connectivity index (χ0v) is 14.1. The van der Waals surface area contributed by atoms with Crippen molar-refractivity contribution >= 4 is 17.4 Å². The molecule has 2 aromatic rings. The topological polar surface area (TPSA) is 58.9 Å². The SMILES string of the molecule is Cc1cc(NC(=O)N2CCC(OC3CCC3)CC2)cn2ccnc12. The highest BCUT2D eigenvalue weighted by Crippen LogP contribution is 2.26. The number of nitrogens with one attached hydrogen (secondary N) is 1. The van der Waals surface area contributed by atoms with Crippen LogP contribution in [0, 0.1) is 6.92 Å². The third kappa shape index (κ3) is 3.11. The lowest BCUT2D eigenvalue weighted by atomic mass is 9.95. The molecule has 1 N–H and O–H groups in total. The first kappa shape index (κ1) is 15.4. The van der Waals surface area contributed by atoms with Gasteiger partial charge in [0.15, 0.2) is 0 Å². The Morgan fingerprint density at radius 2 is 2.00 bits per heavy atom. The first-order valence-electron chi connectivity index (χ1n) is 8.84. The van der Waals surface area contributed by atoms with E-state index in [1.54, 1.807) is 6.20 Å². The first-order valence-corrected chi connectivity index (χ1v) is 8.84. The monoisotopic (exact) mass is 328 g/mol. The fourth-order valence-electron chi connectivity index (χ4n) is 3.45. The number of fused-ring (bicyclic) bond motifs is 1. The van der Waals surface area contributed by atoms with Gasteiger partial charge in [-0.25, -0.2) is 9.78 Å². The molecular weight excluding hydrogens is 304 g/mol. The van der Waals surface area contributed by atoms with Gasteiger partial charge in [-0.3, -0.25) is 0 Å². The minimum absolute atomic E-state index is 0.0315. The second kappa shape index (κ2) is 6.43. The first-order chi connectivity index (χ1) is 11.7. The summed E-state index contributed by atoms with van der Waals surface area (Å²) in [5, 5.41) is 3.01. The Kier molecular flexibility index (Phi) is 4.14. The molecule has 0 atom stereocenters. The van der Waals surface area contributed by atoms with Crippen LogP contribution < -0.4 is 5.32 Å². The summed E-state index contributed by atoms with van der Waals surface area (Å²) in [6.45, 7) is 3.52. The largest absolute Gasteiger partial charge is 0.375 e. The molecule has 0 bridgehead atoms. The van der Waals surface area contributed by atoms with Crippen LogP contribution in [0.2, 0.25) is 0 Å². The van der Waals surface area contributed by atoms with Crippen LogP contribution in [0.3, 0.4) is 0 Å². The number of carbonyl (C=O) groups is 1. The van der Waals surface area contributed by atoms with Gasteiger partial charge in [-0.15, -0.1) is 0 Å². The summed E-state index contributed by atoms with van der Waals surface area (Å²) in [4.78, 5) is 18.7. The van der Waals surface area contributed by atoms with E-state index in [1.807, 2.05) is 34.7 Å². The maximum atomic E-state index is 12.5. The standard InChI is InChI=1S/C18H24N4O2/c1-13-11-14(12-22-10-7-19-17(13)22)20-18(23)21-8-5-16(6-9-21)24-15-3-2-4-15/h7,10-12,15-16H,2-6,8-9H2,1H3,(H,20,23). The summed E-state index contributed by atoms with van der Waals surface area (Å²) in [5.41, 5.74) is 2.77. The van der Waals surface area contributed by atoms with Gasteiger partial charge < -0.3 is 19.4 Å². The van der Waals surface area contributed by atoms with E-state index in [1.165, 1.54) is 19.3 Å². The van der Waals surface area contributed by atoms with Crippen molar-refractivity contribution in [3.05, 3.63) is 30.2 Å². The predicted molar refractivity (Wildman–Crippen MR) is 92.3 cm³/mol. The van der Waals surface area contributed by atoms with Gasteiger partial charge in [0.25, 0.3) is 0 Å². The minimum Gasteiger partial charge on any atom is -0.375 e. The van der Waals surface area contributed by atoms with Crippen LogP contribution in [0.1, 0.15) is 37.7 Å². The van der Waals surface area contributed by atoms with Crippen LogP contribution in [-0.4, -0.2) is 45.6 Å². The zero-order chi connectivity index (χ0) is 16.5. The molecule has 2 aromatic heterocycles. The number of imidazole rings is 1. The van der Waals surface area contributed by atoms with Crippen LogP contribution in [0.5, 0.6) is 0 Å². The second-order valence-corrected chi connectivity index (χ2v) is 6.88. The third-order valence-corrected chi connectivity index (χ3v) is 5.09. The minimum atomic E-state index is -0.0315. The molecule has 0 unspecified atom stereocenters. The summed E-state index contributed by atoms with van der Waals surface area (Å²) in [7, 11) is 0. The molecule has 6 heteroatoms. The number of nitrogens with zero attached hydrogens (tertiary/aromatic N) is 3. The molecule has 128 valence electrons. The van der Waals surface area contributed by atoms with E-state index in [2.05, 4.69) is 10.3 Å². The number of likely N-dealkylation sites (tertiary alicyclic amines) is 1. The Hall–Kier alpha value is -2.08. The Bertz CT molecular complexity index is 730. The molecule has 0 spiro atoms. The van der Waals surface area contributed by atoms with Crippen molar-refractivity contribution in [2.45, 2.75) is 51.2 Å². The maximum Gasteiger partial charge on any atom is 0.321 e. The molecule has 2 amide bonds. The van der Waals surface area contributed by atoms with Crippen LogP contribution in [0.25, 0.3) is 5.65 Å². The molecule has 2 fully saturated rings. The Labute approximate surface area is 141 Å². The third-order valence-electron chi connectivity index (χ3n) is 5.09. The lowest BCUT2D eigenvalue weighted by Gasteiger charge is -2.36. The number of rotatable bonds is 3. The number of anilines is 1. The molecule has 3 heterocycles.